The Morgan fingerprint density at radius 1 is 1.13 bits per heavy atom. The smallest absolute Gasteiger partial charge is 0.338 e. The van der Waals surface area contributed by atoms with Gasteiger partial charge in [-0.25, -0.2) is 4.79 Å². The summed E-state index contributed by atoms with van der Waals surface area (Å²) in [5, 5.41) is 18.4. The lowest BCUT2D eigenvalue weighted by Crippen LogP contribution is -2.32. The van der Waals surface area contributed by atoms with E-state index in [1.807, 2.05) is 30.3 Å². The number of aliphatic carboxylic acids is 1. The highest BCUT2D eigenvalue weighted by atomic mass is 16.5. The number of ether oxygens (including phenoxy) is 1. The molecule has 0 aromatic heterocycles. The molecule has 0 bridgehead atoms. The van der Waals surface area contributed by atoms with Crippen molar-refractivity contribution in [3.8, 4) is 5.75 Å². The lowest BCUT2D eigenvalue weighted by molar-refractivity contribution is -0.138. The first-order valence-electron chi connectivity index (χ1n) is 6.98. The third kappa shape index (κ3) is 4.55. The predicted octanol–water partition coefficient (Wildman–Crippen LogP) is 1.70. The first-order chi connectivity index (χ1) is 11.0. The Kier molecular flexibility index (Phi) is 5.32. The quantitative estimate of drug-likeness (QED) is 0.700. The van der Waals surface area contributed by atoms with Gasteiger partial charge >= 0.3 is 11.9 Å². The number of nitrogens with two attached hydrogens (primary N) is 1. The number of benzene rings is 2. The van der Waals surface area contributed by atoms with E-state index in [1.165, 1.54) is 18.2 Å². The van der Waals surface area contributed by atoms with Gasteiger partial charge in [0.05, 0.1) is 5.56 Å². The molecule has 0 aliphatic carbocycles. The van der Waals surface area contributed by atoms with Crippen molar-refractivity contribution in [2.24, 2.45) is 5.73 Å². The molecule has 0 saturated carbocycles. The third-order valence-electron chi connectivity index (χ3n) is 3.28. The number of hydrogen-bond acceptors (Lipinski definition) is 5. The average Bonchev–Trinajstić information content (AvgIpc) is 2.55. The molecule has 0 amide bonds. The average molecular weight is 315 g/mol. The number of aromatic hydroxyl groups is 1. The van der Waals surface area contributed by atoms with Crippen molar-refractivity contribution in [2.45, 2.75) is 19.1 Å². The van der Waals surface area contributed by atoms with Gasteiger partial charge in [0.1, 0.15) is 18.4 Å². The summed E-state index contributed by atoms with van der Waals surface area (Å²) in [5.41, 5.74) is 6.85. The van der Waals surface area contributed by atoms with E-state index in [0.29, 0.717) is 5.56 Å². The van der Waals surface area contributed by atoms with Gasteiger partial charge in [0.25, 0.3) is 0 Å². The molecule has 6 nitrogen and oxygen atoms in total. The molecule has 4 N–H and O–H groups in total. The normalized spacial score (nSPS) is 11.7. The van der Waals surface area contributed by atoms with Gasteiger partial charge in [-0.3, -0.25) is 4.79 Å². The highest BCUT2D eigenvalue weighted by Crippen LogP contribution is 2.19. The molecule has 0 aliphatic heterocycles. The molecule has 0 radical (unpaired) electrons. The van der Waals surface area contributed by atoms with Crippen LogP contribution in [0.3, 0.4) is 0 Å². The van der Waals surface area contributed by atoms with Crippen LogP contribution in [0.5, 0.6) is 5.75 Å². The predicted molar refractivity (Wildman–Crippen MR) is 83.0 cm³/mol. The van der Waals surface area contributed by atoms with Crippen molar-refractivity contribution in [3.63, 3.8) is 0 Å². The van der Waals surface area contributed by atoms with Gasteiger partial charge in [0.2, 0.25) is 0 Å². The fourth-order valence-electron chi connectivity index (χ4n) is 2.06. The van der Waals surface area contributed by atoms with E-state index in [-0.39, 0.29) is 24.3 Å². The molecular weight excluding hydrogens is 298 g/mol. The summed E-state index contributed by atoms with van der Waals surface area (Å²) >= 11 is 0. The summed E-state index contributed by atoms with van der Waals surface area (Å²) in [6.07, 6.45) is -0.0363. The second-order valence-electron chi connectivity index (χ2n) is 5.05. The number of phenolic OH excluding ortho intramolecular Hbond substituents is 1. The third-order valence-corrected chi connectivity index (χ3v) is 3.28. The van der Waals surface area contributed by atoms with Crippen LogP contribution in [0.1, 0.15) is 21.5 Å². The standard InChI is InChI=1S/C17H17NO5/c18-15(16(20)21)8-12-6-7-13(19)9-14(12)17(22)23-10-11-4-2-1-3-5-11/h1-7,9,15,19H,8,10,18H2,(H,20,21)/t15-/m0/s1. The summed E-state index contributed by atoms with van der Waals surface area (Å²) in [6, 6.07) is 12.1. The Balaban J connectivity index is 2.14. The van der Waals surface area contributed by atoms with Crippen molar-refractivity contribution in [3.05, 3.63) is 65.2 Å². The monoisotopic (exact) mass is 315 g/mol. The number of rotatable bonds is 6. The minimum atomic E-state index is -1.17. The molecule has 0 unspecified atom stereocenters. The minimum absolute atomic E-state index is 0.0363. The van der Waals surface area contributed by atoms with Gasteiger partial charge < -0.3 is 20.7 Å². The zero-order valence-corrected chi connectivity index (χ0v) is 12.3. The largest absolute Gasteiger partial charge is 0.508 e. The van der Waals surface area contributed by atoms with Gasteiger partial charge in [-0.05, 0) is 29.7 Å². The number of hydrogen-bond donors (Lipinski definition) is 3. The maximum atomic E-state index is 12.2. The molecule has 1 atom stereocenters. The molecule has 120 valence electrons. The second kappa shape index (κ2) is 7.42. The topological polar surface area (TPSA) is 110 Å². The summed E-state index contributed by atoms with van der Waals surface area (Å²) < 4.78 is 5.21. The van der Waals surface area contributed by atoms with Crippen LogP contribution in [0.15, 0.2) is 48.5 Å². The number of carboxylic acid groups (broad SMARTS) is 1. The number of phenols is 1. The van der Waals surface area contributed by atoms with Gasteiger partial charge in [-0.1, -0.05) is 36.4 Å². The fourth-order valence-corrected chi connectivity index (χ4v) is 2.06. The van der Waals surface area contributed by atoms with E-state index in [1.54, 1.807) is 0 Å². The van der Waals surface area contributed by atoms with Crippen molar-refractivity contribution in [2.75, 3.05) is 0 Å². The number of carbonyl (C=O) groups is 2. The Morgan fingerprint density at radius 3 is 2.48 bits per heavy atom. The van der Waals surface area contributed by atoms with Crippen molar-refractivity contribution in [1.82, 2.24) is 0 Å². The Morgan fingerprint density at radius 2 is 1.83 bits per heavy atom. The molecule has 2 rings (SSSR count). The SMILES string of the molecule is N[C@@H](Cc1ccc(O)cc1C(=O)OCc1ccccc1)C(=O)O. The maximum absolute atomic E-state index is 12.2. The molecule has 6 heteroatoms. The maximum Gasteiger partial charge on any atom is 0.338 e. The second-order valence-corrected chi connectivity index (χ2v) is 5.05. The first kappa shape index (κ1) is 16.5. The van der Waals surface area contributed by atoms with Crippen LogP contribution in [0.4, 0.5) is 0 Å². The van der Waals surface area contributed by atoms with Gasteiger partial charge in [0.15, 0.2) is 0 Å². The Hall–Kier alpha value is -2.86. The molecule has 0 fully saturated rings. The Labute approximate surface area is 133 Å². The van der Waals surface area contributed by atoms with E-state index in [9.17, 15) is 14.7 Å². The van der Waals surface area contributed by atoms with E-state index >= 15 is 0 Å². The highest BCUT2D eigenvalue weighted by molar-refractivity contribution is 5.92. The first-order valence-corrected chi connectivity index (χ1v) is 6.98. The summed E-state index contributed by atoms with van der Waals surface area (Å²) in [4.78, 5) is 23.1. The molecular formula is C17H17NO5. The van der Waals surface area contributed by atoms with Crippen LogP contribution in [-0.2, 0) is 22.6 Å². The van der Waals surface area contributed by atoms with Crippen LogP contribution >= 0.6 is 0 Å². The van der Waals surface area contributed by atoms with E-state index in [0.717, 1.165) is 5.56 Å². The van der Waals surface area contributed by atoms with E-state index < -0.39 is 18.0 Å². The van der Waals surface area contributed by atoms with Crippen LogP contribution in [-0.4, -0.2) is 28.2 Å². The molecule has 2 aromatic carbocycles. The number of carboxylic acids is 1. The molecule has 23 heavy (non-hydrogen) atoms. The van der Waals surface area contributed by atoms with Crippen LogP contribution in [0.25, 0.3) is 0 Å². The lowest BCUT2D eigenvalue weighted by Gasteiger charge is -2.12. The number of carbonyl (C=O) groups excluding carboxylic acids is 1. The minimum Gasteiger partial charge on any atom is -0.508 e. The number of esters is 1. The summed E-state index contributed by atoms with van der Waals surface area (Å²) in [5.74, 6) is -1.91. The molecule has 2 aromatic rings. The zero-order valence-electron chi connectivity index (χ0n) is 12.3. The van der Waals surface area contributed by atoms with Crippen LogP contribution in [0.2, 0.25) is 0 Å². The van der Waals surface area contributed by atoms with E-state index in [4.69, 9.17) is 15.6 Å². The van der Waals surface area contributed by atoms with Gasteiger partial charge in [-0.15, -0.1) is 0 Å². The molecule has 0 heterocycles. The highest BCUT2D eigenvalue weighted by Gasteiger charge is 2.19. The van der Waals surface area contributed by atoms with Gasteiger partial charge in [0, 0.05) is 0 Å². The van der Waals surface area contributed by atoms with Crippen LogP contribution < -0.4 is 5.73 Å². The Bertz CT molecular complexity index is 699. The van der Waals surface area contributed by atoms with Crippen molar-refractivity contribution < 1.29 is 24.5 Å². The summed E-state index contributed by atoms with van der Waals surface area (Å²) in [6.45, 7) is 0.0831. The van der Waals surface area contributed by atoms with Crippen molar-refractivity contribution in [1.29, 1.82) is 0 Å². The fraction of sp³-hybridized carbons (Fsp3) is 0.176. The van der Waals surface area contributed by atoms with Crippen LogP contribution in [0, 0.1) is 0 Å². The molecule has 0 saturated heterocycles. The lowest BCUT2D eigenvalue weighted by atomic mass is 10.00. The molecule has 0 aliphatic rings. The molecule has 0 spiro atoms. The van der Waals surface area contributed by atoms with Crippen molar-refractivity contribution >= 4 is 11.9 Å². The van der Waals surface area contributed by atoms with Gasteiger partial charge in [-0.2, -0.15) is 0 Å². The summed E-state index contributed by atoms with van der Waals surface area (Å²) in [7, 11) is 0. The zero-order chi connectivity index (χ0) is 16.8. The van der Waals surface area contributed by atoms with E-state index in [2.05, 4.69) is 0 Å².